The highest BCUT2D eigenvalue weighted by Gasteiger charge is 2.00. The van der Waals surface area contributed by atoms with Crippen LogP contribution in [-0.4, -0.2) is 21.5 Å². The number of thiazole rings is 1. The summed E-state index contributed by atoms with van der Waals surface area (Å²) in [5.74, 6) is 1.23. The Bertz CT molecular complexity index is 561. The van der Waals surface area contributed by atoms with Gasteiger partial charge in [0.2, 0.25) is 0 Å². The number of H-pyrrole nitrogens is 1. The minimum absolute atomic E-state index is 0.134. The topological polar surface area (TPSA) is 70.7 Å². The summed E-state index contributed by atoms with van der Waals surface area (Å²) in [5, 5.41) is 6.25. The van der Waals surface area contributed by atoms with Gasteiger partial charge in [-0.2, -0.15) is 0 Å². The maximum atomic E-state index is 11.2. The summed E-state index contributed by atoms with van der Waals surface area (Å²) in [5.41, 5.74) is 0.917. The first-order valence-electron chi connectivity index (χ1n) is 5.36. The molecule has 0 aromatic carbocycles. The Morgan fingerprint density at radius 2 is 2.24 bits per heavy atom. The summed E-state index contributed by atoms with van der Waals surface area (Å²) < 4.78 is 0. The number of aromatic nitrogens is 3. The van der Waals surface area contributed by atoms with Crippen molar-refractivity contribution in [3.05, 3.63) is 38.3 Å². The molecule has 0 bridgehead atoms. The van der Waals surface area contributed by atoms with E-state index in [1.54, 1.807) is 18.3 Å². The van der Waals surface area contributed by atoms with E-state index in [1.165, 1.54) is 6.07 Å². The second-order valence-corrected chi connectivity index (χ2v) is 4.72. The van der Waals surface area contributed by atoms with Crippen molar-refractivity contribution in [2.24, 2.45) is 0 Å². The first-order valence-corrected chi connectivity index (χ1v) is 6.24. The van der Waals surface area contributed by atoms with Crippen molar-refractivity contribution in [3.8, 4) is 0 Å². The summed E-state index contributed by atoms with van der Waals surface area (Å²) in [6, 6.07) is 1.46. The maximum Gasteiger partial charge on any atom is 0.252 e. The first kappa shape index (κ1) is 11.8. The van der Waals surface area contributed by atoms with Gasteiger partial charge in [-0.15, -0.1) is 11.3 Å². The van der Waals surface area contributed by atoms with Gasteiger partial charge in [-0.05, 0) is 13.8 Å². The lowest BCUT2D eigenvalue weighted by atomic mass is 10.4. The number of anilines is 1. The maximum absolute atomic E-state index is 11.2. The van der Waals surface area contributed by atoms with Crippen LogP contribution < -0.4 is 10.9 Å². The van der Waals surface area contributed by atoms with Gasteiger partial charge in [0.1, 0.15) is 11.6 Å². The van der Waals surface area contributed by atoms with Crippen LogP contribution in [0.4, 0.5) is 5.82 Å². The third-order valence-electron chi connectivity index (χ3n) is 2.17. The number of nitrogens with one attached hydrogen (secondary N) is 2. The van der Waals surface area contributed by atoms with E-state index in [0.717, 1.165) is 23.7 Å². The molecule has 2 aromatic heterocycles. The Morgan fingerprint density at radius 3 is 2.88 bits per heavy atom. The molecule has 0 spiro atoms. The Kier molecular flexibility index (Phi) is 3.53. The normalized spacial score (nSPS) is 10.5. The van der Waals surface area contributed by atoms with Crippen LogP contribution in [0.1, 0.15) is 16.5 Å². The van der Waals surface area contributed by atoms with E-state index in [4.69, 9.17) is 0 Å². The van der Waals surface area contributed by atoms with Crippen LogP contribution in [0.5, 0.6) is 0 Å². The van der Waals surface area contributed by atoms with Crippen molar-refractivity contribution in [1.29, 1.82) is 0 Å². The van der Waals surface area contributed by atoms with E-state index in [0.29, 0.717) is 11.6 Å². The molecular weight excluding hydrogens is 236 g/mol. The van der Waals surface area contributed by atoms with Gasteiger partial charge in [0.25, 0.3) is 5.56 Å². The Hall–Kier alpha value is -1.69. The lowest BCUT2D eigenvalue weighted by Gasteiger charge is -2.04. The van der Waals surface area contributed by atoms with Crippen molar-refractivity contribution in [2.75, 3.05) is 11.9 Å². The van der Waals surface area contributed by atoms with Crippen molar-refractivity contribution in [1.82, 2.24) is 15.0 Å². The van der Waals surface area contributed by atoms with Crippen molar-refractivity contribution < 1.29 is 0 Å². The quantitative estimate of drug-likeness (QED) is 0.862. The largest absolute Gasteiger partial charge is 0.369 e. The van der Waals surface area contributed by atoms with Crippen molar-refractivity contribution >= 4 is 17.2 Å². The molecule has 0 unspecified atom stereocenters. The second kappa shape index (κ2) is 5.09. The van der Waals surface area contributed by atoms with Crippen molar-refractivity contribution in [3.63, 3.8) is 0 Å². The van der Waals surface area contributed by atoms with Gasteiger partial charge in [-0.1, -0.05) is 0 Å². The van der Waals surface area contributed by atoms with E-state index >= 15 is 0 Å². The smallest absolute Gasteiger partial charge is 0.252 e. The molecule has 17 heavy (non-hydrogen) atoms. The zero-order valence-electron chi connectivity index (χ0n) is 9.78. The molecule has 0 aliphatic carbocycles. The number of hydrogen-bond donors (Lipinski definition) is 2. The van der Waals surface area contributed by atoms with Crippen LogP contribution in [-0.2, 0) is 6.42 Å². The predicted molar refractivity (Wildman–Crippen MR) is 68.6 cm³/mol. The molecule has 2 aromatic rings. The van der Waals surface area contributed by atoms with Gasteiger partial charge < -0.3 is 10.3 Å². The third kappa shape index (κ3) is 3.39. The Labute approximate surface area is 103 Å². The fourth-order valence-corrected chi connectivity index (χ4v) is 2.26. The number of rotatable bonds is 4. The fourth-order valence-electron chi connectivity index (χ4n) is 1.49. The van der Waals surface area contributed by atoms with Gasteiger partial charge in [-0.3, -0.25) is 4.79 Å². The second-order valence-electron chi connectivity index (χ2n) is 3.78. The summed E-state index contributed by atoms with van der Waals surface area (Å²) in [7, 11) is 0. The van der Waals surface area contributed by atoms with E-state index in [2.05, 4.69) is 20.3 Å². The van der Waals surface area contributed by atoms with Crippen LogP contribution in [0.25, 0.3) is 0 Å². The van der Waals surface area contributed by atoms with Crippen LogP contribution in [0.2, 0.25) is 0 Å². The highest BCUT2D eigenvalue weighted by atomic mass is 32.1. The van der Waals surface area contributed by atoms with Crippen molar-refractivity contribution in [2.45, 2.75) is 20.3 Å². The van der Waals surface area contributed by atoms with E-state index in [1.807, 2.05) is 12.3 Å². The average molecular weight is 250 g/mol. The number of hydrogen-bond acceptors (Lipinski definition) is 5. The molecule has 0 amide bonds. The zero-order valence-corrected chi connectivity index (χ0v) is 10.6. The van der Waals surface area contributed by atoms with E-state index in [9.17, 15) is 4.79 Å². The minimum atomic E-state index is -0.134. The molecule has 0 fully saturated rings. The van der Waals surface area contributed by atoms with Crippen LogP contribution in [0, 0.1) is 13.8 Å². The highest BCUT2D eigenvalue weighted by Crippen LogP contribution is 2.09. The van der Waals surface area contributed by atoms with Gasteiger partial charge in [0.15, 0.2) is 0 Å². The summed E-state index contributed by atoms with van der Waals surface area (Å²) in [6.45, 7) is 4.47. The SMILES string of the molecule is Cc1csc(CCNc2cc(=O)[nH]c(C)n2)n1. The lowest BCUT2D eigenvalue weighted by Crippen LogP contribution is -2.13. The fraction of sp³-hybridized carbons (Fsp3) is 0.364. The zero-order chi connectivity index (χ0) is 12.3. The summed E-state index contributed by atoms with van der Waals surface area (Å²) in [4.78, 5) is 22.4. The molecule has 0 saturated carbocycles. The molecule has 0 atom stereocenters. The molecule has 0 aliphatic heterocycles. The highest BCUT2D eigenvalue weighted by molar-refractivity contribution is 7.09. The lowest BCUT2D eigenvalue weighted by molar-refractivity contribution is 0.955. The van der Waals surface area contributed by atoms with Crippen LogP contribution >= 0.6 is 11.3 Å². The molecular formula is C11H14N4OS. The van der Waals surface area contributed by atoms with E-state index < -0.39 is 0 Å². The molecule has 5 nitrogen and oxygen atoms in total. The minimum Gasteiger partial charge on any atom is -0.369 e. The monoisotopic (exact) mass is 250 g/mol. The molecule has 2 heterocycles. The summed E-state index contributed by atoms with van der Waals surface area (Å²) in [6.07, 6.45) is 0.839. The van der Waals surface area contributed by atoms with Crippen LogP contribution in [0.15, 0.2) is 16.2 Å². The van der Waals surface area contributed by atoms with Gasteiger partial charge in [0.05, 0.1) is 5.01 Å². The molecule has 0 aliphatic rings. The van der Waals surface area contributed by atoms with E-state index in [-0.39, 0.29) is 5.56 Å². The third-order valence-corrected chi connectivity index (χ3v) is 3.20. The number of aromatic amines is 1. The number of aryl methyl sites for hydroxylation is 2. The molecule has 0 saturated heterocycles. The van der Waals surface area contributed by atoms with Crippen LogP contribution in [0.3, 0.4) is 0 Å². The Morgan fingerprint density at radius 1 is 1.41 bits per heavy atom. The standard InChI is InChI=1S/C11H14N4OS/c1-7-6-17-11(13-7)3-4-12-9-5-10(16)15-8(2)14-9/h5-6H,3-4H2,1-2H3,(H2,12,14,15,16). The molecule has 2 rings (SSSR count). The predicted octanol–water partition coefficient (Wildman–Crippen LogP) is 1.50. The molecule has 0 radical (unpaired) electrons. The van der Waals surface area contributed by atoms with Gasteiger partial charge in [-0.25, -0.2) is 9.97 Å². The summed E-state index contributed by atoms with van der Waals surface area (Å²) >= 11 is 1.65. The average Bonchev–Trinajstić information content (AvgIpc) is 2.63. The molecule has 6 heteroatoms. The Balaban J connectivity index is 1.92. The number of nitrogens with zero attached hydrogens (tertiary/aromatic N) is 2. The van der Waals surface area contributed by atoms with Gasteiger partial charge in [0, 0.05) is 30.1 Å². The van der Waals surface area contributed by atoms with Gasteiger partial charge >= 0.3 is 0 Å². The molecule has 90 valence electrons. The molecule has 2 N–H and O–H groups in total. The first-order chi connectivity index (χ1) is 8.13.